The summed E-state index contributed by atoms with van der Waals surface area (Å²) in [4.78, 5) is 8.56. The van der Waals surface area contributed by atoms with E-state index in [-0.39, 0.29) is 0 Å². The lowest BCUT2D eigenvalue weighted by Crippen LogP contribution is -1.81. The van der Waals surface area contributed by atoms with Crippen molar-refractivity contribution in [2.24, 2.45) is 0 Å². The summed E-state index contributed by atoms with van der Waals surface area (Å²) in [5.41, 5.74) is -0.486. The zero-order valence-corrected chi connectivity index (χ0v) is 5.64. The first kappa shape index (κ1) is 12.5. The Morgan fingerprint density at radius 1 is 1.36 bits per heavy atom. The van der Waals surface area contributed by atoms with Gasteiger partial charge in [-0.15, -0.1) is 0 Å². The van der Waals surface area contributed by atoms with Crippen LogP contribution in [0.2, 0.25) is 0 Å². The molecule has 0 aromatic carbocycles. The summed E-state index contributed by atoms with van der Waals surface area (Å²) in [6, 6.07) is 0. The normalized spacial score (nSPS) is 7.64. The second kappa shape index (κ2) is 6.91. The molecule has 0 aliphatic rings. The number of hydrogen-bond donors (Lipinski definition) is 2. The monoisotopic (exact) mass is 172 g/mol. The predicted molar refractivity (Wildman–Crippen MR) is 31.5 cm³/mol. The summed E-state index contributed by atoms with van der Waals surface area (Å²) >= 11 is 0. The third-order valence-corrected chi connectivity index (χ3v) is 0.523. The van der Waals surface area contributed by atoms with E-state index in [2.05, 4.69) is 0 Å². The minimum absolute atomic E-state index is 0.486. The van der Waals surface area contributed by atoms with Gasteiger partial charge in [0.05, 0.1) is 0 Å². The number of rotatable bonds is 1. The molecule has 11 heavy (non-hydrogen) atoms. The molecule has 0 aliphatic heterocycles. The Morgan fingerprint density at radius 2 is 1.64 bits per heavy atom. The van der Waals surface area contributed by atoms with E-state index in [4.69, 9.17) is 15.0 Å². The number of halogens is 3. The predicted octanol–water partition coefficient (Wildman–Crippen LogP) is 2.35. The van der Waals surface area contributed by atoms with Crippen molar-refractivity contribution in [3.8, 4) is 0 Å². The van der Waals surface area contributed by atoms with Gasteiger partial charge < -0.3 is 10.2 Å². The molecule has 0 saturated heterocycles. The minimum Gasteiger partial charge on any atom is -0.450 e. The van der Waals surface area contributed by atoms with Gasteiger partial charge in [-0.25, -0.2) is 9.18 Å². The van der Waals surface area contributed by atoms with Gasteiger partial charge >= 0.3 is 6.16 Å². The number of alkyl halides is 1. The second-order valence-electron chi connectivity index (χ2n) is 1.46. The molecule has 0 aromatic rings. The molecule has 6 heteroatoms. The van der Waals surface area contributed by atoms with Gasteiger partial charge in [0.15, 0.2) is 0 Å². The fourth-order valence-electron chi connectivity index (χ4n) is 0.0505. The third kappa shape index (κ3) is 17.7. The van der Waals surface area contributed by atoms with Crippen molar-refractivity contribution in [1.82, 2.24) is 0 Å². The maximum Gasteiger partial charge on any atom is 0.503 e. The number of hydrogen-bond acceptors (Lipinski definition) is 1. The van der Waals surface area contributed by atoms with E-state index in [1.54, 1.807) is 0 Å². The average Bonchev–Trinajstić information content (AvgIpc) is 1.85. The number of carbonyl (C=O) groups is 1. The summed E-state index contributed by atoms with van der Waals surface area (Å²) < 4.78 is 33.2. The van der Waals surface area contributed by atoms with Gasteiger partial charge in [-0.2, -0.15) is 8.78 Å². The maximum atomic E-state index is 11.1. The number of allylic oxidation sites excluding steroid dienone is 1. The number of carboxylic acid groups (broad SMARTS) is 2. The molecule has 0 heterocycles. The second-order valence-corrected chi connectivity index (χ2v) is 1.46. The van der Waals surface area contributed by atoms with Gasteiger partial charge in [0.2, 0.25) is 0 Å². The minimum atomic E-state index is -1.91. The van der Waals surface area contributed by atoms with Crippen LogP contribution in [-0.2, 0) is 0 Å². The molecular formula is C5H7F3O3. The molecule has 0 rings (SSSR count). The lowest BCUT2D eigenvalue weighted by Gasteiger charge is -1.84. The molecular weight excluding hydrogens is 165 g/mol. The van der Waals surface area contributed by atoms with Gasteiger partial charge in [0.25, 0.3) is 6.08 Å². The Labute approximate surface area is 60.8 Å². The van der Waals surface area contributed by atoms with E-state index in [9.17, 15) is 13.2 Å². The van der Waals surface area contributed by atoms with Crippen LogP contribution in [0.1, 0.15) is 6.92 Å². The van der Waals surface area contributed by atoms with Gasteiger partial charge in [-0.1, -0.05) is 0 Å². The first-order chi connectivity index (χ1) is 4.91. The SMILES string of the molecule is CC(CF)=C(F)F.O=C(O)O. The summed E-state index contributed by atoms with van der Waals surface area (Å²) in [7, 11) is 0. The summed E-state index contributed by atoms with van der Waals surface area (Å²) in [6.45, 7) is -0.00231. The average molecular weight is 172 g/mol. The smallest absolute Gasteiger partial charge is 0.450 e. The molecule has 0 radical (unpaired) electrons. The van der Waals surface area contributed by atoms with Crippen molar-refractivity contribution in [2.75, 3.05) is 6.67 Å². The Balaban J connectivity index is 0. The molecule has 0 unspecified atom stereocenters. The van der Waals surface area contributed by atoms with E-state index in [1.807, 2.05) is 0 Å². The maximum absolute atomic E-state index is 11.1. The molecule has 0 fully saturated rings. The Bertz CT molecular complexity index is 147. The molecule has 3 nitrogen and oxygen atoms in total. The third-order valence-electron chi connectivity index (χ3n) is 0.523. The molecule has 66 valence electrons. The van der Waals surface area contributed by atoms with Crippen LogP contribution in [0.5, 0.6) is 0 Å². The van der Waals surface area contributed by atoms with Crippen molar-refractivity contribution in [2.45, 2.75) is 6.92 Å². The van der Waals surface area contributed by atoms with Gasteiger partial charge in [-0.3, -0.25) is 0 Å². The highest BCUT2D eigenvalue weighted by Crippen LogP contribution is 2.05. The zero-order valence-electron chi connectivity index (χ0n) is 5.64. The summed E-state index contributed by atoms with van der Waals surface area (Å²) in [5.74, 6) is 0. The van der Waals surface area contributed by atoms with E-state index in [1.165, 1.54) is 0 Å². The largest absolute Gasteiger partial charge is 0.503 e. The first-order valence-corrected chi connectivity index (χ1v) is 2.40. The van der Waals surface area contributed by atoms with Crippen LogP contribution >= 0.6 is 0 Å². The van der Waals surface area contributed by atoms with Crippen LogP contribution in [0.4, 0.5) is 18.0 Å². The van der Waals surface area contributed by atoms with Crippen molar-refractivity contribution < 1.29 is 28.2 Å². The van der Waals surface area contributed by atoms with E-state index >= 15 is 0 Å². The Kier molecular flexibility index (Phi) is 7.84. The molecule has 0 bridgehead atoms. The molecule has 0 saturated carbocycles. The standard InChI is InChI=1S/C4H5F3.CH2O3/c1-3(2-5)4(6)7;2-1(3)4/h2H2,1H3;(H2,2,3,4). The molecule has 0 atom stereocenters. The highest BCUT2D eigenvalue weighted by Gasteiger charge is 1.95. The lowest BCUT2D eigenvalue weighted by molar-refractivity contribution is 0.137. The Morgan fingerprint density at radius 3 is 1.64 bits per heavy atom. The van der Waals surface area contributed by atoms with E-state index in [0.717, 1.165) is 6.92 Å². The van der Waals surface area contributed by atoms with Crippen LogP contribution in [0, 0.1) is 0 Å². The van der Waals surface area contributed by atoms with Gasteiger partial charge in [0, 0.05) is 5.57 Å². The summed E-state index contributed by atoms with van der Waals surface area (Å²) in [5, 5.41) is 13.9. The fourth-order valence-corrected chi connectivity index (χ4v) is 0.0505. The Hall–Kier alpha value is -1.20. The van der Waals surface area contributed by atoms with Crippen LogP contribution < -0.4 is 0 Å². The van der Waals surface area contributed by atoms with Crippen molar-refractivity contribution >= 4 is 6.16 Å². The molecule has 0 aliphatic carbocycles. The summed E-state index contributed by atoms with van der Waals surface area (Å²) in [6.07, 6.45) is -3.75. The fraction of sp³-hybridized carbons (Fsp3) is 0.400. The first-order valence-electron chi connectivity index (χ1n) is 2.40. The molecule has 0 spiro atoms. The van der Waals surface area contributed by atoms with E-state index in [0.29, 0.717) is 0 Å². The van der Waals surface area contributed by atoms with Crippen LogP contribution in [0.25, 0.3) is 0 Å². The van der Waals surface area contributed by atoms with Gasteiger partial charge in [0.1, 0.15) is 6.67 Å². The molecule has 2 N–H and O–H groups in total. The quantitative estimate of drug-likeness (QED) is 0.638. The van der Waals surface area contributed by atoms with Crippen molar-refractivity contribution in [1.29, 1.82) is 0 Å². The van der Waals surface area contributed by atoms with Crippen LogP contribution in [-0.4, -0.2) is 23.0 Å². The van der Waals surface area contributed by atoms with Gasteiger partial charge in [-0.05, 0) is 6.92 Å². The zero-order chi connectivity index (χ0) is 9.44. The molecule has 0 aromatic heterocycles. The van der Waals surface area contributed by atoms with Crippen molar-refractivity contribution in [3.63, 3.8) is 0 Å². The lowest BCUT2D eigenvalue weighted by atomic mass is 10.4. The molecule has 0 amide bonds. The van der Waals surface area contributed by atoms with Crippen molar-refractivity contribution in [3.05, 3.63) is 11.7 Å². The topological polar surface area (TPSA) is 57.5 Å². The van der Waals surface area contributed by atoms with Crippen LogP contribution in [0.15, 0.2) is 11.7 Å². The highest BCUT2D eigenvalue weighted by atomic mass is 19.3. The highest BCUT2D eigenvalue weighted by molar-refractivity contribution is 5.53. The van der Waals surface area contributed by atoms with Crippen LogP contribution in [0.3, 0.4) is 0 Å². The van der Waals surface area contributed by atoms with E-state index < -0.39 is 24.5 Å².